The quantitative estimate of drug-likeness (QED) is 0.114. The van der Waals surface area contributed by atoms with Gasteiger partial charge >= 0.3 is 0 Å². The predicted molar refractivity (Wildman–Crippen MR) is 173 cm³/mol. The molecule has 8 rings (SSSR count). The van der Waals surface area contributed by atoms with Crippen molar-refractivity contribution in [2.45, 2.75) is 0 Å². The molecule has 2 nitrogen and oxygen atoms in total. The third-order valence-corrected chi connectivity index (χ3v) is 10.5. The SMILES string of the molecule is O=c1c2c(Cl)ccc(Cl)c2c2cc3cc(Br)c4c(=O)c5c(Br)ccc(Cl)c5c5cc6cc(Br)c1c2c6c3c45. The topological polar surface area (TPSA) is 34.1 Å². The van der Waals surface area contributed by atoms with Crippen LogP contribution in [0.5, 0.6) is 0 Å². The van der Waals surface area contributed by atoms with Crippen LogP contribution in [0.2, 0.25) is 15.1 Å². The first kappa shape index (κ1) is 23.9. The summed E-state index contributed by atoms with van der Waals surface area (Å²) in [4.78, 5) is 27.9. The van der Waals surface area contributed by atoms with Gasteiger partial charge < -0.3 is 0 Å². The van der Waals surface area contributed by atoms with Gasteiger partial charge in [-0.25, -0.2) is 0 Å². The fraction of sp³-hybridized carbons (Fsp3) is 0. The standard InChI is InChI=1S/C30H8Br3Cl3O2/c31-13-1-2-16(34)21-11-5-9-8-15(33)27-24-12(22-17(35)3-4-18(36)28(22)30(27)38)6-10-7-14(32)26(29(37)25(13)21)23(11)19(10)20(9)24/h1-8H. The van der Waals surface area contributed by atoms with Crippen LogP contribution in [-0.2, 0) is 0 Å². The minimum absolute atomic E-state index is 0.114. The van der Waals surface area contributed by atoms with Crippen molar-refractivity contribution in [1.82, 2.24) is 0 Å². The minimum Gasteiger partial charge on any atom is -0.288 e. The number of rotatable bonds is 0. The van der Waals surface area contributed by atoms with Gasteiger partial charge in [0, 0.05) is 61.2 Å². The van der Waals surface area contributed by atoms with E-state index >= 15 is 0 Å². The van der Waals surface area contributed by atoms with Crippen molar-refractivity contribution < 1.29 is 0 Å². The molecule has 0 saturated heterocycles. The van der Waals surface area contributed by atoms with E-state index in [-0.39, 0.29) is 10.9 Å². The second kappa shape index (κ2) is 7.81. The summed E-state index contributed by atoms with van der Waals surface area (Å²) in [6.45, 7) is 0. The van der Waals surface area contributed by atoms with Gasteiger partial charge in [-0.15, -0.1) is 0 Å². The van der Waals surface area contributed by atoms with E-state index < -0.39 is 0 Å². The Morgan fingerprint density at radius 2 is 0.816 bits per heavy atom. The molecule has 8 aromatic carbocycles. The summed E-state index contributed by atoms with van der Waals surface area (Å²) >= 11 is 31.0. The molecule has 0 aromatic heterocycles. The first-order chi connectivity index (χ1) is 18.2. The second-order valence-corrected chi connectivity index (χ2v) is 13.3. The van der Waals surface area contributed by atoms with Crippen molar-refractivity contribution >= 4 is 158 Å². The molecule has 0 radical (unpaired) electrons. The highest BCUT2D eigenvalue weighted by Gasteiger charge is 2.26. The molecule has 8 heteroatoms. The molecule has 8 aromatic rings. The number of hydrogen-bond acceptors (Lipinski definition) is 2. The van der Waals surface area contributed by atoms with Gasteiger partial charge in [0.1, 0.15) is 0 Å². The van der Waals surface area contributed by atoms with Crippen LogP contribution >= 0.6 is 82.6 Å². The summed E-state index contributed by atoms with van der Waals surface area (Å²) < 4.78 is 2.04. The number of benzene rings is 8. The summed E-state index contributed by atoms with van der Waals surface area (Å²) in [5.74, 6) is 0. The first-order valence-corrected chi connectivity index (χ1v) is 14.9. The molecule has 0 aliphatic heterocycles. The third-order valence-electron chi connectivity index (χ3n) is 7.66. The lowest BCUT2D eigenvalue weighted by Crippen LogP contribution is -2.08. The molecule has 182 valence electrons. The van der Waals surface area contributed by atoms with E-state index in [1.165, 1.54) is 0 Å². The molecule has 0 spiro atoms. The summed E-state index contributed by atoms with van der Waals surface area (Å²) in [7, 11) is 0. The Morgan fingerprint density at radius 3 is 1.34 bits per heavy atom. The van der Waals surface area contributed by atoms with E-state index in [9.17, 15) is 9.59 Å². The van der Waals surface area contributed by atoms with Gasteiger partial charge in [0.15, 0.2) is 10.9 Å². The Bertz CT molecular complexity index is 2330. The molecule has 0 N–H and O–H groups in total. The van der Waals surface area contributed by atoms with E-state index in [0.717, 1.165) is 43.1 Å². The minimum atomic E-state index is -0.188. The molecule has 0 aliphatic rings. The Morgan fingerprint density at radius 1 is 0.421 bits per heavy atom. The lowest BCUT2D eigenvalue weighted by atomic mass is 9.84. The Labute approximate surface area is 253 Å². The van der Waals surface area contributed by atoms with Crippen LogP contribution in [0.4, 0.5) is 0 Å². The molecular weight excluding hydrogens is 738 g/mol. The van der Waals surface area contributed by atoms with Gasteiger partial charge in [0.25, 0.3) is 0 Å². The highest BCUT2D eigenvalue weighted by Crippen LogP contribution is 2.50. The van der Waals surface area contributed by atoms with Crippen molar-refractivity contribution in [1.29, 1.82) is 0 Å². The zero-order valence-corrected chi connectivity index (χ0v) is 25.7. The predicted octanol–water partition coefficient (Wildman–Crippen LogP) is 11.0. The maximum absolute atomic E-state index is 14.0. The van der Waals surface area contributed by atoms with Gasteiger partial charge in [-0.3, -0.25) is 9.59 Å². The van der Waals surface area contributed by atoms with Crippen molar-refractivity contribution in [3.05, 3.63) is 97.5 Å². The molecule has 38 heavy (non-hydrogen) atoms. The third kappa shape index (κ3) is 2.75. The smallest absolute Gasteiger partial charge is 0.196 e. The summed E-state index contributed by atoms with van der Waals surface area (Å²) in [6.07, 6.45) is 0. The monoisotopic (exact) mass is 742 g/mol. The van der Waals surface area contributed by atoms with Crippen LogP contribution < -0.4 is 10.9 Å². The lowest BCUT2D eigenvalue weighted by Gasteiger charge is -2.21. The van der Waals surface area contributed by atoms with Crippen LogP contribution in [0.1, 0.15) is 0 Å². The molecule has 0 fully saturated rings. The van der Waals surface area contributed by atoms with Crippen molar-refractivity contribution in [2.75, 3.05) is 0 Å². The molecule has 0 aliphatic carbocycles. The summed E-state index contributed by atoms with van der Waals surface area (Å²) in [6, 6.07) is 15.0. The Hall–Kier alpha value is -1.99. The number of halogens is 6. The van der Waals surface area contributed by atoms with E-state index in [2.05, 4.69) is 53.9 Å². The first-order valence-electron chi connectivity index (χ1n) is 11.4. The number of fused-ring (bicyclic) bond motifs is 4. The Kier molecular flexibility index (Phi) is 4.90. The van der Waals surface area contributed by atoms with Crippen LogP contribution in [0.25, 0.3) is 75.4 Å². The summed E-state index contributed by atoms with van der Waals surface area (Å²) in [5, 5.41) is 11.6. The highest BCUT2D eigenvalue weighted by atomic mass is 79.9. The van der Waals surface area contributed by atoms with Crippen molar-refractivity contribution in [2.24, 2.45) is 0 Å². The number of hydrogen-bond donors (Lipinski definition) is 0. The zero-order valence-electron chi connectivity index (χ0n) is 18.7. The van der Waals surface area contributed by atoms with E-state index in [1.54, 1.807) is 24.3 Å². The molecule has 0 unspecified atom stereocenters. The second-order valence-electron chi connectivity index (χ2n) is 9.48. The van der Waals surface area contributed by atoms with E-state index in [1.807, 2.05) is 18.2 Å². The molecule has 0 amide bonds. The lowest BCUT2D eigenvalue weighted by molar-refractivity contribution is 1.68. The maximum atomic E-state index is 14.0. The fourth-order valence-corrected chi connectivity index (χ4v) is 8.78. The van der Waals surface area contributed by atoms with Gasteiger partial charge in [-0.05, 0) is 113 Å². The molecule has 0 bridgehead atoms. The molecular formula is C30H8Br3Cl3O2. The fourth-order valence-electron chi connectivity index (χ4n) is 6.26. The van der Waals surface area contributed by atoms with Crippen molar-refractivity contribution in [3.63, 3.8) is 0 Å². The van der Waals surface area contributed by atoms with E-state index in [0.29, 0.717) is 60.8 Å². The average molecular weight is 746 g/mol. The van der Waals surface area contributed by atoms with Gasteiger partial charge in [-0.2, -0.15) is 0 Å². The summed E-state index contributed by atoms with van der Waals surface area (Å²) in [5.41, 5.74) is -0.302. The average Bonchev–Trinajstić information content (AvgIpc) is 2.87. The highest BCUT2D eigenvalue weighted by molar-refractivity contribution is 9.11. The van der Waals surface area contributed by atoms with Gasteiger partial charge in [-0.1, -0.05) is 50.7 Å². The van der Waals surface area contributed by atoms with Crippen LogP contribution in [0.3, 0.4) is 0 Å². The van der Waals surface area contributed by atoms with E-state index in [4.69, 9.17) is 34.8 Å². The normalized spacial score (nSPS) is 12.7. The molecule has 0 heterocycles. The molecule has 0 saturated carbocycles. The largest absolute Gasteiger partial charge is 0.288 e. The van der Waals surface area contributed by atoms with Crippen LogP contribution in [0.15, 0.2) is 71.5 Å². The maximum Gasteiger partial charge on any atom is 0.196 e. The Balaban J connectivity index is 1.83. The van der Waals surface area contributed by atoms with Gasteiger partial charge in [0.2, 0.25) is 0 Å². The zero-order chi connectivity index (χ0) is 26.4. The molecule has 0 atom stereocenters. The van der Waals surface area contributed by atoms with Crippen molar-refractivity contribution in [3.8, 4) is 0 Å². The van der Waals surface area contributed by atoms with Crippen LogP contribution in [-0.4, -0.2) is 0 Å². The van der Waals surface area contributed by atoms with Gasteiger partial charge in [0.05, 0.1) is 10.4 Å². The van der Waals surface area contributed by atoms with Crippen LogP contribution in [0, 0.1) is 0 Å².